The van der Waals surface area contributed by atoms with Crippen molar-refractivity contribution in [1.82, 2.24) is 9.13 Å². The number of aliphatic hydroxyl groups excluding tert-OH is 2. The summed E-state index contributed by atoms with van der Waals surface area (Å²) >= 11 is 0. The average Bonchev–Trinajstić information content (AvgIpc) is 3.43. The summed E-state index contributed by atoms with van der Waals surface area (Å²) in [6.07, 6.45) is 0. The molecule has 0 unspecified atom stereocenters. The van der Waals surface area contributed by atoms with Gasteiger partial charge in [0.15, 0.2) is 0 Å². The molecule has 0 saturated carbocycles. The van der Waals surface area contributed by atoms with Gasteiger partial charge in [0.1, 0.15) is 5.75 Å². The second kappa shape index (κ2) is 10.3. The fourth-order valence-electron chi connectivity index (χ4n) is 5.40. The molecule has 0 bridgehead atoms. The van der Waals surface area contributed by atoms with Crippen LogP contribution in [0.1, 0.15) is 30.5 Å². The van der Waals surface area contributed by atoms with Crippen LogP contribution in [-0.2, 0) is 26.3 Å². The van der Waals surface area contributed by atoms with E-state index in [1.807, 2.05) is 18.2 Å². The summed E-state index contributed by atoms with van der Waals surface area (Å²) in [6.45, 7) is 8.47. The standard InChI is InChI=1S/C16H17NO2.C16H17NO/c1-3-17-15-6-4-11(10-18)8-13(15)14-9-12(19-2)5-7-16(14)17;1-3-17-15-6-4-11(2)8-13(15)14-9-12(10-18)5-7-16(14)17/h4-9,18H,3,10H2,1-2H3;4-9,18H,3,10H2,1-2H3. The van der Waals surface area contributed by atoms with E-state index in [4.69, 9.17) is 4.74 Å². The van der Waals surface area contributed by atoms with E-state index >= 15 is 0 Å². The molecular formula is C32H34N2O3. The second-order valence-electron chi connectivity index (χ2n) is 9.41. The Labute approximate surface area is 217 Å². The second-order valence-corrected chi connectivity index (χ2v) is 9.41. The Morgan fingerprint density at radius 3 is 1.49 bits per heavy atom. The van der Waals surface area contributed by atoms with Crippen molar-refractivity contribution in [3.8, 4) is 5.75 Å². The minimum absolute atomic E-state index is 0.0682. The van der Waals surface area contributed by atoms with E-state index in [9.17, 15) is 10.2 Å². The van der Waals surface area contributed by atoms with Crippen LogP contribution >= 0.6 is 0 Å². The number of nitrogens with zero attached hydrogens (tertiary/aromatic N) is 2. The number of aromatic nitrogens is 2. The van der Waals surface area contributed by atoms with Crippen molar-refractivity contribution in [3.05, 3.63) is 89.5 Å². The largest absolute Gasteiger partial charge is 0.497 e. The van der Waals surface area contributed by atoms with Crippen LogP contribution in [0.2, 0.25) is 0 Å². The smallest absolute Gasteiger partial charge is 0.119 e. The van der Waals surface area contributed by atoms with Gasteiger partial charge in [-0.05, 0) is 86.5 Å². The number of hydrogen-bond acceptors (Lipinski definition) is 3. The highest BCUT2D eigenvalue weighted by atomic mass is 16.5. The Balaban J connectivity index is 0.000000152. The molecule has 6 aromatic rings. The van der Waals surface area contributed by atoms with E-state index in [-0.39, 0.29) is 13.2 Å². The molecule has 37 heavy (non-hydrogen) atoms. The highest BCUT2D eigenvalue weighted by molar-refractivity contribution is 6.09. The van der Waals surface area contributed by atoms with Crippen molar-refractivity contribution < 1.29 is 14.9 Å². The molecule has 2 aromatic heterocycles. The van der Waals surface area contributed by atoms with Gasteiger partial charge in [0.05, 0.1) is 20.3 Å². The minimum Gasteiger partial charge on any atom is -0.497 e. The van der Waals surface area contributed by atoms with Gasteiger partial charge in [-0.15, -0.1) is 0 Å². The van der Waals surface area contributed by atoms with Crippen molar-refractivity contribution in [2.75, 3.05) is 7.11 Å². The van der Waals surface area contributed by atoms with Gasteiger partial charge >= 0.3 is 0 Å². The van der Waals surface area contributed by atoms with Gasteiger partial charge in [-0.1, -0.05) is 23.8 Å². The molecule has 0 radical (unpaired) electrons. The lowest BCUT2D eigenvalue weighted by molar-refractivity contribution is 0.282. The zero-order valence-electron chi connectivity index (χ0n) is 22.0. The molecular weight excluding hydrogens is 460 g/mol. The van der Waals surface area contributed by atoms with Crippen molar-refractivity contribution in [2.45, 2.75) is 47.1 Å². The molecule has 0 atom stereocenters. The molecule has 0 fully saturated rings. The molecule has 2 N–H and O–H groups in total. The van der Waals surface area contributed by atoms with Crippen LogP contribution < -0.4 is 4.74 Å². The number of ether oxygens (including phenoxy) is 1. The number of aliphatic hydroxyl groups is 2. The predicted octanol–water partition coefficient (Wildman–Crippen LogP) is 6.93. The summed E-state index contributed by atoms with van der Waals surface area (Å²) in [5, 5.41) is 23.4. The van der Waals surface area contributed by atoms with E-state index in [1.165, 1.54) is 49.2 Å². The van der Waals surface area contributed by atoms with Gasteiger partial charge in [0.2, 0.25) is 0 Å². The molecule has 6 rings (SSSR count). The lowest BCUT2D eigenvalue weighted by Crippen LogP contribution is -1.93. The third kappa shape index (κ3) is 4.35. The number of fused-ring (bicyclic) bond motifs is 6. The summed E-state index contributed by atoms with van der Waals surface area (Å²) in [6, 6.07) is 25.0. The highest BCUT2D eigenvalue weighted by Gasteiger charge is 2.11. The van der Waals surface area contributed by atoms with Gasteiger partial charge < -0.3 is 24.1 Å². The summed E-state index contributed by atoms with van der Waals surface area (Å²) in [4.78, 5) is 0. The summed E-state index contributed by atoms with van der Waals surface area (Å²) < 4.78 is 9.92. The molecule has 0 amide bonds. The number of hydrogen-bond donors (Lipinski definition) is 2. The fraction of sp³-hybridized carbons (Fsp3) is 0.250. The van der Waals surface area contributed by atoms with Crippen molar-refractivity contribution >= 4 is 43.6 Å². The number of aryl methyl sites for hydroxylation is 3. The Morgan fingerprint density at radius 1 is 0.595 bits per heavy atom. The lowest BCUT2D eigenvalue weighted by atomic mass is 10.1. The average molecular weight is 495 g/mol. The van der Waals surface area contributed by atoms with Gasteiger partial charge in [0.25, 0.3) is 0 Å². The molecule has 5 nitrogen and oxygen atoms in total. The van der Waals surface area contributed by atoms with Gasteiger partial charge in [0, 0.05) is 56.7 Å². The van der Waals surface area contributed by atoms with Crippen molar-refractivity contribution in [1.29, 1.82) is 0 Å². The van der Waals surface area contributed by atoms with Crippen LogP contribution in [0.25, 0.3) is 43.6 Å². The first-order valence-electron chi connectivity index (χ1n) is 12.8. The Kier molecular flexibility index (Phi) is 6.92. The zero-order valence-corrected chi connectivity index (χ0v) is 22.0. The van der Waals surface area contributed by atoms with E-state index in [0.717, 1.165) is 30.0 Å². The number of benzene rings is 4. The first kappa shape index (κ1) is 24.9. The maximum absolute atomic E-state index is 9.30. The SMILES string of the molecule is CCn1c2ccc(C)cc2c2cc(CO)ccc21.CCn1c2ccc(CO)cc2c2cc(OC)ccc21. The first-order valence-corrected chi connectivity index (χ1v) is 12.8. The van der Waals surface area contributed by atoms with Crippen LogP contribution in [0.4, 0.5) is 0 Å². The zero-order chi connectivity index (χ0) is 26.1. The molecule has 0 spiro atoms. The Bertz CT molecular complexity index is 1660. The van der Waals surface area contributed by atoms with Gasteiger partial charge in [-0.2, -0.15) is 0 Å². The Hall–Kier alpha value is -3.80. The van der Waals surface area contributed by atoms with Crippen molar-refractivity contribution in [3.63, 3.8) is 0 Å². The maximum Gasteiger partial charge on any atom is 0.119 e. The quantitative estimate of drug-likeness (QED) is 0.273. The summed E-state index contributed by atoms with van der Waals surface area (Å²) in [7, 11) is 1.68. The van der Waals surface area contributed by atoms with Crippen LogP contribution in [0.15, 0.2) is 72.8 Å². The van der Waals surface area contributed by atoms with E-state index in [1.54, 1.807) is 7.11 Å². The first-order chi connectivity index (χ1) is 18.0. The molecule has 190 valence electrons. The van der Waals surface area contributed by atoms with Crippen LogP contribution in [0.3, 0.4) is 0 Å². The molecule has 0 aliphatic rings. The molecule has 0 saturated heterocycles. The van der Waals surface area contributed by atoms with Crippen LogP contribution in [0.5, 0.6) is 5.75 Å². The van der Waals surface area contributed by atoms with E-state index < -0.39 is 0 Å². The summed E-state index contributed by atoms with van der Waals surface area (Å²) in [5.74, 6) is 0.858. The third-order valence-corrected chi connectivity index (χ3v) is 7.22. The number of rotatable bonds is 5. The van der Waals surface area contributed by atoms with Gasteiger partial charge in [-0.3, -0.25) is 0 Å². The molecule has 0 aliphatic heterocycles. The van der Waals surface area contributed by atoms with Crippen LogP contribution in [0, 0.1) is 6.92 Å². The topological polar surface area (TPSA) is 59.5 Å². The predicted molar refractivity (Wildman–Crippen MR) is 153 cm³/mol. The third-order valence-electron chi connectivity index (χ3n) is 7.22. The van der Waals surface area contributed by atoms with Crippen molar-refractivity contribution in [2.24, 2.45) is 0 Å². The van der Waals surface area contributed by atoms with E-state index in [0.29, 0.717) is 0 Å². The monoisotopic (exact) mass is 494 g/mol. The molecule has 4 aromatic carbocycles. The number of methoxy groups -OCH3 is 1. The fourth-order valence-corrected chi connectivity index (χ4v) is 5.40. The normalized spacial score (nSPS) is 11.4. The maximum atomic E-state index is 9.30. The lowest BCUT2D eigenvalue weighted by Gasteiger charge is -2.03. The van der Waals surface area contributed by atoms with E-state index in [2.05, 4.69) is 84.5 Å². The molecule has 5 heteroatoms. The summed E-state index contributed by atoms with van der Waals surface area (Å²) in [5.41, 5.74) is 8.09. The highest BCUT2D eigenvalue weighted by Crippen LogP contribution is 2.33. The van der Waals surface area contributed by atoms with Crippen LogP contribution in [-0.4, -0.2) is 26.5 Å². The minimum atomic E-state index is 0.0682. The molecule has 0 aliphatic carbocycles. The molecule has 2 heterocycles. The van der Waals surface area contributed by atoms with Gasteiger partial charge in [-0.25, -0.2) is 0 Å². The Morgan fingerprint density at radius 2 is 1.03 bits per heavy atom.